The van der Waals surface area contributed by atoms with Crippen LogP contribution in [0.4, 0.5) is 11.6 Å². The van der Waals surface area contributed by atoms with Crippen molar-refractivity contribution >= 4 is 17.5 Å². The average Bonchev–Trinajstić information content (AvgIpc) is 2.49. The molecule has 1 aromatic heterocycles. The molecule has 1 amide bonds. The zero-order chi connectivity index (χ0) is 16.4. The summed E-state index contributed by atoms with van der Waals surface area (Å²) < 4.78 is 0. The molecule has 0 unspecified atom stereocenters. The number of nitrogens with one attached hydrogen (secondary N) is 2. The molecule has 0 spiro atoms. The number of carbonyl (C=O) groups is 1. The molecule has 7 heteroatoms. The van der Waals surface area contributed by atoms with E-state index in [1.165, 1.54) is 6.92 Å². The molecule has 1 aromatic carbocycles. The fourth-order valence-electron chi connectivity index (χ4n) is 2.79. The van der Waals surface area contributed by atoms with E-state index in [0.717, 1.165) is 30.0 Å². The number of fused-ring (bicyclic) bond motifs is 1. The van der Waals surface area contributed by atoms with E-state index in [1.54, 1.807) is 0 Å². The van der Waals surface area contributed by atoms with Crippen molar-refractivity contribution < 1.29 is 4.79 Å². The second kappa shape index (κ2) is 6.21. The van der Waals surface area contributed by atoms with Crippen LogP contribution >= 0.6 is 0 Å². The Balaban J connectivity index is 1.70. The van der Waals surface area contributed by atoms with Gasteiger partial charge in [-0.15, -0.1) is 0 Å². The summed E-state index contributed by atoms with van der Waals surface area (Å²) in [6.45, 7) is 3.61. The van der Waals surface area contributed by atoms with E-state index >= 15 is 0 Å². The van der Waals surface area contributed by atoms with Gasteiger partial charge in [-0.3, -0.25) is 19.5 Å². The quantitative estimate of drug-likeness (QED) is 0.780. The number of benzene rings is 1. The summed E-state index contributed by atoms with van der Waals surface area (Å²) in [5.74, 6) is 0.0899. The summed E-state index contributed by atoms with van der Waals surface area (Å²) in [5, 5.41) is 2.74. The molecule has 0 bridgehead atoms. The van der Waals surface area contributed by atoms with Gasteiger partial charge in [-0.2, -0.15) is 0 Å². The first-order valence-electron chi connectivity index (χ1n) is 7.47. The smallest absolute Gasteiger partial charge is 0.257 e. The predicted octanol–water partition coefficient (Wildman–Crippen LogP) is 0.869. The van der Waals surface area contributed by atoms with Crippen LogP contribution in [0.3, 0.4) is 0 Å². The highest BCUT2D eigenvalue weighted by Gasteiger charge is 2.20. The predicted molar refractivity (Wildman–Crippen MR) is 87.8 cm³/mol. The molecule has 3 rings (SSSR count). The van der Waals surface area contributed by atoms with E-state index in [-0.39, 0.29) is 17.4 Å². The van der Waals surface area contributed by atoms with Gasteiger partial charge in [-0.1, -0.05) is 12.1 Å². The standard InChI is InChI=1S/C16H19N5O2/c1-10(22)18-12-4-2-11(3-5-12)8-21-7-6-14-13(9-21)15(23)20-16(17)19-14/h2-5H,6-9H2,1H3,(H,18,22)(H3,17,19,20,23). The number of nitrogens with two attached hydrogens (primary N) is 1. The molecule has 0 radical (unpaired) electrons. The Morgan fingerprint density at radius 2 is 2.13 bits per heavy atom. The van der Waals surface area contributed by atoms with Crippen LogP contribution in [0.5, 0.6) is 0 Å². The van der Waals surface area contributed by atoms with E-state index in [1.807, 2.05) is 24.3 Å². The Hall–Kier alpha value is -2.67. The SMILES string of the molecule is CC(=O)Nc1ccc(CN2CCc3nc(N)[nH]c(=O)c3C2)cc1. The molecular weight excluding hydrogens is 294 g/mol. The van der Waals surface area contributed by atoms with E-state index < -0.39 is 0 Å². The van der Waals surface area contributed by atoms with Gasteiger partial charge in [-0.05, 0) is 17.7 Å². The van der Waals surface area contributed by atoms with Gasteiger partial charge in [0, 0.05) is 38.7 Å². The van der Waals surface area contributed by atoms with Crippen molar-refractivity contribution in [3.05, 3.63) is 51.4 Å². The Kier molecular flexibility index (Phi) is 4.12. The van der Waals surface area contributed by atoms with Crippen LogP contribution in [0.25, 0.3) is 0 Å². The lowest BCUT2D eigenvalue weighted by Crippen LogP contribution is -2.35. The molecule has 2 heterocycles. The normalized spacial score (nSPS) is 14.3. The second-order valence-corrected chi connectivity index (χ2v) is 5.72. The molecule has 7 nitrogen and oxygen atoms in total. The molecule has 0 saturated heterocycles. The minimum absolute atomic E-state index is 0.0867. The van der Waals surface area contributed by atoms with Crippen LogP contribution in [-0.4, -0.2) is 27.3 Å². The largest absolute Gasteiger partial charge is 0.369 e. The van der Waals surface area contributed by atoms with Crippen molar-refractivity contribution in [2.75, 3.05) is 17.6 Å². The molecule has 1 aliphatic heterocycles. The summed E-state index contributed by atoms with van der Waals surface area (Å²) in [5.41, 5.74) is 8.82. The highest BCUT2D eigenvalue weighted by Crippen LogP contribution is 2.18. The number of H-pyrrole nitrogens is 1. The van der Waals surface area contributed by atoms with Crippen LogP contribution in [0, 0.1) is 0 Å². The zero-order valence-corrected chi connectivity index (χ0v) is 12.9. The number of nitrogen functional groups attached to an aromatic ring is 1. The summed E-state index contributed by atoms with van der Waals surface area (Å²) >= 11 is 0. The second-order valence-electron chi connectivity index (χ2n) is 5.72. The topological polar surface area (TPSA) is 104 Å². The summed E-state index contributed by atoms with van der Waals surface area (Å²) in [4.78, 5) is 32.0. The van der Waals surface area contributed by atoms with Crippen molar-refractivity contribution in [2.45, 2.75) is 26.4 Å². The van der Waals surface area contributed by atoms with Gasteiger partial charge in [0.2, 0.25) is 11.9 Å². The van der Waals surface area contributed by atoms with Crippen molar-refractivity contribution in [2.24, 2.45) is 0 Å². The highest BCUT2D eigenvalue weighted by molar-refractivity contribution is 5.88. The highest BCUT2D eigenvalue weighted by atomic mass is 16.1. The van der Waals surface area contributed by atoms with Crippen LogP contribution in [-0.2, 0) is 24.3 Å². The Morgan fingerprint density at radius 1 is 1.39 bits per heavy atom. The van der Waals surface area contributed by atoms with Crippen LogP contribution in [0.15, 0.2) is 29.1 Å². The van der Waals surface area contributed by atoms with Crippen molar-refractivity contribution in [1.82, 2.24) is 14.9 Å². The fraction of sp³-hybridized carbons (Fsp3) is 0.312. The molecule has 0 atom stereocenters. The first kappa shape index (κ1) is 15.2. The first-order valence-corrected chi connectivity index (χ1v) is 7.47. The van der Waals surface area contributed by atoms with Gasteiger partial charge in [0.1, 0.15) is 0 Å². The number of aromatic nitrogens is 2. The van der Waals surface area contributed by atoms with E-state index in [9.17, 15) is 9.59 Å². The maximum atomic E-state index is 12.0. The Bertz CT molecular complexity index is 782. The Morgan fingerprint density at radius 3 is 2.83 bits per heavy atom. The van der Waals surface area contributed by atoms with Gasteiger partial charge >= 0.3 is 0 Å². The van der Waals surface area contributed by atoms with Crippen LogP contribution in [0.2, 0.25) is 0 Å². The molecule has 2 aromatic rings. The van der Waals surface area contributed by atoms with Gasteiger partial charge in [0.05, 0.1) is 11.3 Å². The number of anilines is 2. The van der Waals surface area contributed by atoms with E-state index in [0.29, 0.717) is 18.5 Å². The lowest BCUT2D eigenvalue weighted by atomic mass is 10.1. The van der Waals surface area contributed by atoms with E-state index in [2.05, 4.69) is 20.2 Å². The fourth-order valence-corrected chi connectivity index (χ4v) is 2.79. The number of amides is 1. The molecule has 4 N–H and O–H groups in total. The van der Waals surface area contributed by atoms with Gasteiger partial charge in [0.15, 0.2) is 0 Å². The Labute approximate surface area is 133 Å². The average molecular weight is 313 g/mol. The summed E-state index contributed by atoms with van der Waals surface area (Å²) in [6, 6.07) is 7.71. The zero-order valence-electron chi connectivity index (χ0n) is 12.9. The number of hydrogen-bond acceptors (Lipinski definition) is 5. The summed E-state index contributed by atoms with van der Waals surface area (Å²) in [7, 11) is 0. The molecule has 0 saturated carbocycles. The number of nitrogens with zero attached hydrogens (tertiary/aromatic N) is 2. The molecule has 23 heavy (non-hydrogen) atoms. The lowest BCUT2D eigenvalue weighted by Gasteiger charge is -2.27. The third kappa shape index (κ3) is 3.57. The minimum Gasteiger partial charge on any atom is -0.369 e. The number of rotatable bonds is 3. The number of hydrogen-bond donors (Lipinski definition) is 3. The van der Waals surface area contributed by atoms with E-state index in [4.69, 9.17) is 5.73 Å². The third-order valence-corrected chi connectivity index (χ3v) is 3.85. The van der Waals surface area contributed by atoms with Crippen molar-refractivity contribution in [3.8, 4) is 0 Å². The molecule has 0 fully saturated rings. The van der Waals surface area contributed by atoms with Crippen molar-refractivity contribution in [1.29, 1.82) is 0 Å². The third-order valence-electron chi connectivity index (χ3n) is 3.85. The lowest BCUT2D eigenvalue weighted by molar-refractivity contribution is -0.114. The first-order chi connectivity index (χ1) is 11.0. The van der Waals surface area contributed by atoms with Crippen LogP contribution < -0.4 is 16.6 Å². The molecule has 1 aliphatic rings. The maximum Gasteiger partial charge on any atom is 0.257 e. The molecular formula is C16H19N5O2. The molecule has 120 valence electrons. The van der Waals surface area contributed by atoms with Crippen LogP contribution in [0.1, 0.15) is 23.7 Å². The maximum absolute atomic E-state index is 12.0. The summed E-state index contributed by atoms with van der Waals surface area (Å²) in [6.07, 6.45) is 0.716. The monoisotopic (exact) mass is 313 g/mol. The van der Waals surface area contributed by atoms with Gasteiger partial charge in [0.25, 0.3) is 5.56 Å². The number of aromatic amines is 1. The minimum atomic E-state index is -0.154. The van der Waals surface area contributed by atoms with Gasteiger partial charge < -0.3 is 11.1 Å². The van der Waals surface area contributed by atoms with Gasteiger partial charge in [-0.25, -0.2) is 4.98 Å². The van der Waals surface area contributed by atoms with Crippen molar-refractivity contribution in [3.63, 3.8) is 0 Å². The number of carbonyl (C=O) groups excluding carboxylic acids is 1. The molecule has 0 aliphatic carbocycles.